The van der Waals surface area contributed by atoms with Gasteiger partial charge < -0.3 is 9.84 Å². The quantitative estimate of drug-likeness (QED) is 0.917. The van der Waals surface area contributed by atoms with Crippen LogP contribution in [0.3, 0.4) is 0 Å². The van der Waals surface area contributed by atoms with Gasteiger partial charge in [-0.1, -0.05) is 11.6 Å². The van der Waals surface area contributed by atoms with Crippen molar-refractivity contribution in [3.8, 4) is 11.6 Å². The first-order valence-electron chi connectivity index (χ1n) is 7.16. The summed E-state index contributed by atoms with van der Waals surface area (Å²) in [5.74, 6) is 1.65. The molecule has 1 saturated heterocycles. The molecule has 0 saturated carbocycles. The normalized spacial score (nSPS) is 19.1. The van der Waals surface area contributed by atoms with Crippen LogP contribution < -0.4 is 5.32 Å². The van der Waals surface area contributed by atoms with Crippen molar-refractivity contribution in [1.82, 2.24) is 25.4 Å². The molecule has 0 bridgehead atoms. The molecule has 1 aliphatic rings. The number of hydrogen-bond acceptors (Lipinski definition) is 6. The lowest BCUT2D eigenvalue weighted by molar-refractivity contribution is 0.342. The second-order valence-electron chi connectivity index (χ2n) is 5.28. The minimum atomic E-state index is 0.469. The van der Waals surface area contributed by atoms with E-state index in [-0.39, 0.29) is 0 Å². The Balaban J connectivity index is 1.60. The number of nitrogens with zero attached hydrogens (tertiary/aromatic N) is 4. The largest absolute Gasteiger partial charge is 0.339 e. The highest BCUT2D eigenvalue weighted by atomic mass is 16.5. The van der Waals surface area contributed by atoms with E-state index in [0.717, 1.165) is 24.9 Å². The van der Waals surface area contributed by atoms with Crippen LogP contribution in [0.25, 0.3) is 11.6 Å². The van der Waals surface area contributed by atoms with Gasteiger partial charge in [0.05, 0.1) is 0 Å². The van der Waals surface area contributed by atoms with Crippen molar-refractivity contribution >= 4 is 0 Å². The van der Waals surface area contributed by atoms with Crippen LogP contribution in [-0.4, -0.2) is 32.7 Å². The van der Waals surface area contributed by atoms with E-state index in [4.69, 9.17) is 4.52 Å². The van der Waals surface area contributed by atoms with Crippen LogP contribution in [0.5, 0.6) is 0 Å². The predicted octanol–water partition coefficient (Wildman–Crippen LogP) is 1.91. The van der Waals surface area contributed by atoms with Crippen LogP contribution in [0.2, 0.25) is 0 Å². The summed E-state index contributed by atoms with van der Waals surface area (Å²) in [5, 5.41) is 7.47. The van der Waals surface area contributed by atoms with Gasteiger partial charge in [-0.2, -0.15) is 4.98 Å². The summed E-state index contributed by atoms with van der Waals surface area (Å²) in [6, 6.07) is 0.578. The molecule has 1 unspecified atom stereocenters. The molecule has 3 heterocycles. The van der Waals surface area contributed by atoms with Crippen molar-refractivity contribution in [3.63, 3.8) is 0 Å². The third-order valence-electron chi connectivity index (χ3n) is 3.57. The van der Waals surface area contributed by atoms with Gasteiger partial charge in [-0.05, 0) is 38.3 Å². The van der Waals surface area contributed by atoms with E-state index in [1.807, 2.05) is 6.92 Å². The molecule has 1 fully saturated rings. The number of aromatic nitrogens is 4. The van der Waals surface area contributed by atoms with E-state index in [1.54, 1.807) is 12.4 Å². The summed E-state index contributed by atoms with van der Waals surface area (Å²) in [4.78, 5) is 12.8. The molecule has 0 spiro atoms. The molecule has 6 nitrogen and oxygen atoms in total. The van der Waals surface area contributed by atoms with Gasteiger partial charge in [-0.15, -0.1) is 0 Å². The third kappa shape index (κ3) is 3.19. The van der Waals surface area contributed by atoms with Crippen molar-refractivity contribution in [2.75, 3.05) is 6.54 Å². The lowest BCUT2D eigenvalue weighted by Gasteiger charge is -2.22. The molecule has 1 atom stereocenters. The Morgan fingerprint density at radius 2 is 2.10 bits per heavy atom. The van der Waals surface area contributed by atoms with Gasteiger partial charge in [-0.3, -0.25) is 0 Å². The molecule has 1 aliphatic heterocycles. The molecule has 2 aromatic heterocycles. The average molecular weight is 273 g/mol. The van der Waals surface area contributed by atoms with Crippen molar-refractivity contribution in [1.29, 1.82) is 0 Å². The summed E-state index contributed by atoms with van der Waals surface area (Å²) in [7, 11) is 0. The Morgan fingerprint density at radius 3 is 2.85 bits per heavy atom. The second kappa shape index (κ2) is 6.09. The van der Waals surface area contributed by atoms with Gasteiger partial charge in [-0.25, -0.2) is 9.97 Å². The molecule has 6 heteroatoms. The summed E-state index contributed by atoms with van der Waals surface area (Å²) in [5.41, 5.74) is 1.01. The minimum Gasteiger partial charge on any atom is -0.339 e. The van der Waals surface area contributed by atoms with Gasteiger partial charge in [0.25, 0.3) is 0 Å². The average Bonchev–Trinajstić information content (AvgIpc) is 2.96. The molecule has 0 aromatic carbocycles. The maximum Gasteiger partial charge on any atom is 0.240 e. The van der Waals surface area contributed by atoms with E-state index in [9.17, 15) is 0 Å². The lowest BCUT2D eigenvalue weighted by Crippen LogP contribution is -2.34. The Morgan fingerprint density at radius 1 is 1.25 bits per heavy atom. The van der Waals surface area contributed by atoms with Crippen molar-refractivity contribution in [2.45, 2.75) is 45.1 Å². The number of nitrogens with one attached hydrogen (secondary N) is 1. The Hall–Kier alpha value is -1.82. The second-order valence-corrected chi connectivity index (χ2v) is 5.28. The van der Waals surface area contributed by atoms with Gasteiger partial charge in [0, 0.05) is 24.9 Å². The van der Waals surface area contributed by atoms with Crippen LogP contribution in [-0.2, 0) is 6.42 Å². The van der Waals surface area contributed by atoms with Crippen LogP contribution in [0.15, 0.2) is 16.9 Å². The molecular weight excluding hydrogens is 254 g/mol. The van der Waals surface area contributed by atoms with E-state index in [0.29, 0.717) is 23.6 Å². The SMILES string of the molecule is Cc1cnc(-c2noc(CCC3CCCCN3)n2)nc1. The summed E-state index contributed by atoms with van der Waals surface area (Å²) < 4.78 is 5.27. The molecule has 1 N–H and O–H groups in total. The highest BCUT2D eigenvalue weighted by Crippen LogP contribution is 2.15. The van der Waals surface area contributed by atoms with Gasteiger partial charge in [0.2, 0.25) is 17.5 Å². The minimum absolute atomic E-state index is 0.469. The highest BCUT2D eigenvalue weighted by Gasteiger charge is 2.15. The van der Waals surface area contributed by atoms with E-state index < -0.39 is 0 Å². The first-order valence-corrected chi connectivity index (χ1v) is 7.16. The van der Waals surface area contributed by atoms with Crippen LogP contribution in [0, 0.1) is 6.92 Å². The van der Waals surface area contributed by atoms with Crippen LogP contribution in [0.1, 0.15) is 37.1 Å². The molecule has 0 aliphatic carbocycles. The number of piperidine rings is 1. The Bertz CT molecular complexity index is 545. The predicted molar refractivity (Wildman–Crippen MR) is 74.0 cm³/mol. The summed E-state index contributed by atoms with van der Waals surface area (Å²) >= 11 is 0. The molecular formula is C14H19N5O. The maximum absolute atomic E-state index is 5.27. The first-order chi connectivity index (χ1) is 9.81. The molecule has 2 aromatic rings. The first kappa shape index (κ1) is 13.2. The monoisotopic (exact) mass is 273 g/mol. The number of hydrogen-bond donors (Lipinski definition) is 1. The van der Waals surface area contributed by atoms with Crippen LogP contribution >= 0.6 is 0 Å². The number of aryl methyl sites for hydroxylation is 2. The lowest BCUT2D eigenvalue weighted by atomic mass is 10.0. The maximum atomic E-state index is 5.27. The molecule has 20 heavy (non-hydrogen) atoms. The number of rotatable bonds is 4. The zero-order chi connectivity index (χ0) is 13.8. The van der Waals surface area contributed by atoms with Crippen LogP contribution in [0.4, 0.5) is 0 Å². The summed E-state index contributed by atoms with van der Waals surface area (Å²) in [6.45, 7) is 3.07. The molecule has 0 radical (unpaired) electrons. The fraction of sp³-hybridized carbons (Fsp3) is 0.571. The van der Waals surface area contributed by atoms with E-state index >= 15 is 0 Å². The fourth-order valence-electron chi connectivity index (χ4n) is 2.42. The van der Waals surface area contributed by atoms with Crippen molar-refractivity contribution in [2.24, 2.45) is 0 Å². The molecule has 0 amide bonds. The topological polar surface area (TPSA) is 76.7 Å². The Kier molecular flexibility index (Phi) is 4.01. The van der Waals surface area contributed by atoms with Crippen molar-refractivity contribution in [3.05, 3.63) is 23.8 Å². The van der Waals surface area contributed by atoms with Gasteiger partial charge in [0.1, 0.15) is 0 Å². The third-order valence-corrected chi connectivity index (χ3v) is 3.57. The summed E-state index contributed by atoms with van der Waals surface area (Å²) in [6.07, 6.45) is 9.18. The standard InChI is InChI=1S/C14H19N5O/c1-10-8-16-13(17-9-10)14-18-12(20-19-14)6-5-11-4-2-3-7-15-11/h8-9,11,15H,2-7H2,1H3. The zero-order valence-corrected chi connectivity index (χ0v) is 11.7. The zero-order valence-electron chi connectivity index (χ0n) is 11.7. The molecule has 106 valence electrons. The smallest absolute Gasteiger partial charge is 0.240 e. The van der Waals surface area contributed by atoms with Gasteiger partial charge in [0.15, 0.2) is 0 Å². The van der Waals surface area contributed by atoms with E-state index in [1.165, 1.54) is 19.3 Å². The fourth-order valence-corrected chi connectivity index (χ4v) is 2.42. The van der Waals surface area contributed by atoms with E-state index in [2.05, 4.69) is 25.4 Å². The highest BCUT2D eigenvalue weighted by molar-refractivity contribution is 5.40. The van der Waals surface area contributed by atoms with Crippen molar-refractivity contribution < 1.29 is 4.52 Å². The van der Waals surface area contributed by atoms with Gasteiger partial charge >= 0.3 is 0 Å². The Labute approximate surface area is 118 Å². The molecule has 3 rings (SSSR count).